The molecule has 0 radical (unpaired) electrons. The van der Waals surface area contributed by atoms with Gasteiger partial charge in [-0.15, -0.1) is 10.2 Å². The van der Waals surface area contributed by atoms with Crippen molar-refractivity contribution >= 4 is 34.9 Å². The number of piperidine rings is 1. The summed E-state index contributed by atoms with van der Waals surface area (Å²) in [4.78, 5) is 44.1. The number of carbonyl (C=O) groups is 3. The Morgan fingerprint density at radius 1 is 0.922 bits per heavy atom. The Balaban J connectivity index is 0.00000406. The zero-order chi connectivity index (χ0) is 34.4. The number of ether oxygens (including phenoxy) is 1. The van der Waals surface area contributed by atoms with Gasteiger partial charge in [0.1, 0.15) is 24.1 Å². The second-order valence-corrected chi connectivity index (χ2v) is 13.4. The Kier molecular flexibility index (Phi) is 10.0. The minimum absolute atomic E-state index is 0. The van der Waals surface area contributed by atoms with Gasteiger partial charge in [0.25, 0.3) is 0 Å². The van der Waals surface area contributed by atoms with E-state index < -0.39 is 0 Å². The second-order valence-electron chi connectivity index (χ2n) is 13.4. The fourth-order valence-corrected chi connectivity index (χ4v) is 7.91. The third-order valence-corrected chi connectivity index (χ3v) is 10.5. The molecule has 0 spiro atoms. The molecular formula is C36H38N9NaO5. The van der Waals surface area contributed by atoms with Crippen molar-refractivity contribution in [3.63, 3.8) is 0 Å². The molecule has 51 heavy (non-hydrogen) atoms. The summed E-state index contributed by atoms with van der Waals surface area (Å²) in [5, 5.41) is 27.5. The van der Waals surface area contributed by atoms with Crippen molar-refractivity contribution < 1.29 is 53.8 Å². The molecule has 3 aliphatic heterocycles. The van der Waals surface area contributed by atoms with E-state index in [0.29, 0.717) is 73.7 Å². The van der Waals surface area contributed by atoms with Crippen molar-refractivity contribution in [3.05, 3.63) is 66.5 Å². The van der Waals surface area contributed by atoms with E-state index in [1.807, 2.05) is 12.1 Å². The largest absolute Gasteiger partial charge is 1.00 e. The topological polar surface area (TPSA) is 175 Å². The first kappa shape index (κ1) is 34.9. The van der Waals surface area contributed by atoms with E-state index in [0.717, 1.165) is 43.7 Å². The van der Waals surface area contributed by atoms with Crippen LogP contribution >= 0.6 is 0 Å². The number of anilines is 3. The molecular weight excluding hydrogens is 661 g/mol. The van der Waals surface area contributed by atoms with Gasteiger partial charge in [-0.2, -0.15) is 5.10 Å². The zero-order valence-electron chi connectivity index (χ0n) is 28.5. The summed E-state index contributed by atoms with van der Waals surface area (Å²) in [5.41, 5.74) is 10.2. The van der Waals surface area contributed by atoms with Crippen molar-refractivity contribution in [1.82, 2.24) is 30.2 Å². The number of para-hydroxylation sites is 2. The Morgan fingerprint density at radius 3 is 2.53 bits per heavy atom. The van der Waals surface area contributed by atoms with Gasteiger partial charge >= 0.3 is 29.6 Å². The van der Waals surface area contributed by atoms with Crippen LogP contribution in [-0.4, -0.2) is 87.5 Å². The molecule has 3 amide bonds. The maximum absolute atomic E-state index is 13.5. The minimum atomic E-state index is -0.377. The normalized spacial score (nSPS) is 22.5. The second kappa shape index (κ2) is 14.6. The Labute approximate surface area is 317 Å². The van der Waals surface area contributed by atoms with E-state index >= 15 is 0 Å². The summed E-state index contributed by atoms with van der Waals surface area (Å²) >= 11 is 0. The molecule has 0 bridgehead atoms. The first-order valence-corrected chi connectivity index (χ1v) is 17.2. The van der Waals surface area contributed by atoms with Crippen molar-refractivity contribution in [2.75, 3.05) is 48.3 Å². The molecule has 0 unspecified atom stereocenters. The van der Waals surface area contributed by atoms with Crippen LogP contribution in [0, 0.1) is 0 Å². The predicted octanol–water partition coefficient (Wildman–Crippen LogP) is -0.632. The van der Waals surface area contributed by atoms with Gasteiger partial charge in [0.05, 0.1) is 42.6 Å². The van der Waals surface area contributed by atoms with Gasteiger partial charge < -0.3 is 25.4 Å². The van der Waals surface area contributed by atoms with E-state index in [4.69, 9.17) is 10.5 Å². The first-order valence-electron chi connectivity index (χ1n) is 17.2. The van der Waals surface area contributed by atoms with E-state index in [1.54, 1.807) is 46.2 Å². The number of imide groups is 1. The molecule has 1 atom stereocenters. The van der Waals surface area contributed by atoms with Crippen molar-refractivity contribution in [2.24, 2.45) is 0 Å². The molecule has 2 aromatic heterocycles. The summed E-state index contributed by atoms with van der Waals surface area (Å²) in [6.45, 7) is 2.71. The number of piperazine rings is 1. The van der Waals surface area contributed by atoms with Crippen LogP contribution in [0.15, 0.2) is 60.9 Å². The molecule has 1 saturated carbocycles. The number of nitrogens with one attached hydrogen (secondary N) is 1. The number of hydrogen-bond donors (Lipinski definition) is 2. The summed E-state index contributed by atoms with van der Waals surface area (Å²) in [6, 6.07) is 14.4. The minimum Gasteiger partial charge on any atom is -0.872 e. The molecule has 2 saturated heterocycles. The third kappa shape index (κ3) is 6.80. The number of benzene rings is 2. The van der Waals surface area contributed by atoms with E-state index in [9.17, 15) is 19.5 Å². The SMILES string of the molecule is Nc1nnc(-c2ccccc2[O-])cc1-n1cc(N2CCN(C3CCC(c4cccc5c4OCCN5[C@H]4CCC(=O)NC4=O)CC3)CC2=O)cn1.[Na+]. The molecule has 4 aromatic rings. The fraction of sp³-hybridized carbons (Fsp3) is 0.389. The van der Waals surface area contributed by atoms with Gasteiger partial charge in [-0.1, -0.05) is 42.1 Å². The molecule has 3 N–H and O–H groups in total. The molecule has 1 aliphatic carbocycles. The third-order valence-electron chi connectivity index (χ3n) is 10.5. The molecule has 5 heterocycles. The molecule has 8 rings (SSSR count). The van der Waals surface area contributed by atoms with Crippen LogP contribution in [0.3, 0.4) is 0 Å². The van der Waals surface area contributed by atoms with Gasteiger partial charge in [0.15, 0.2) is 5.82 Å². The average Bonchev–Trinajstić information content (AvgIpc) is 3.62. The van der Waals surface area contributed by atoms with Crippen molar-refractivity contribution in [1.29, 1.82) is 0 Å². The monoisotopic (exact) mass is 699 g/mol. The number of nitrogens with two attached hydrogens (primary N) is 1. The molecule has 3 fully saturated rings. The number of nitrogen functional groups attached to an aromatic ring is 1. The molecule has 2 aromatic carbocycles. The molecule has 15 heteroatoms. The standard InChI is InChI=1S/C36H39N9O5.Na/c37-35-30(18-27(40-41-35)26-4-1-2-7-31(26)46)45-20-24(19-38-45)43-15-14-42(21-33(43)48)23-10-8-22(9-11-23)25-5-3-6-28-34(25)50-17-16-44(28)29-12-13-32(47)39-36(29)49;/h1-7,18-20,22-23,29,46H,8-17,21H2,(H2,37,41)(H,39,47,49);/q;+1/p-1/t22?,23?,29-;/m0./s1. The maximum Gasteiger partial charge on any atom is 1.00 e. The van der Waals surface area contributed by atoms with Gasteiger partial charge in [0.2, 0.25) is 17.7 Å². The zero-order valence-corrected chi connectivity index (χ0v) is 30.5. The van der Waals surface area contributed by atoms with Crippen molar-refractivity contribution in [2.45, 2.75) is 56.5 Å². The van der Waals surface area contributed by atoms with Crippen LogP contribution in [0.4, 0.5) is 17.2 Å². The Bertz CT molecular complexity index is 1960. The number of amides is 3. The number of nitrogens with zero attached hydrogens (tertiary/aromatic N) is 7. The smallest absolute Gasteiger partial charge is 0.872 e. The molecule has 4 aliphatic rings. The number of rotatable bonds is 6. The van der Waals surface area contributed by atoms with Gasteiger partial charge in [-0.05, 0) is 61.3 Å². The number of aromatic nitrogens is 4. The maximum atomic E-state index is 13.5. The predicted molar refractivity (Wildman–Crippen MR) is 183 cm³/mol. The first-order chi connectivity index (χ1) is 24.3. The quantitative estimate of drug-likeness (QED) is 0.194. The van der Waals surface area contributed by atoms with Crippen LogP contribution < -0.4 is 60.3 Å². The van der Waals surface area contributed by atoms with Crippen LogP contribution in [-0.2, 0) is 14.4 Å². The molecule has 258 valence electrons. The number of fused-ring (bicyclic) bond motifs is 1. The van der Waals surface area contributed by atoms with Crippen molar-refractivity contribution in [3.8, 4) is 28.4 Å². The molecule has 14 nitrogen and oxygen atoms in total. The van der Waals surface area contributed by atoms with Gasteiger partial charge in [-0.3, -0.25) is 24.6 Å². The summed E-state index contributed by atoms with van der Waals surface area (Å²) in [6.07, 6.45) is 8.14. The fourth-order valence-electron chi connectivity index (χ4n) is 7.91. The average molecular weight is 700 g/mol. The summed E-state index contributed by atoms with van der Waals surface area (Å²) in [5.74, 6) is 0.730. The van der Waals surface area contributed by atoms with E-state index in [1.165, 1.54) is 11.6 Å². The van der Waals surface area contributed by atoms with Crippen LogP contribution in [0.1, 0.15) is 50.0 Å². The van der Waals surface area contributed by atoms with Gasteiger partial charge in [-0.25, -0.2) is 4.68 Å². The summed E-state index contributed by atoms with van der Waals surface area (Å²) in [7, 11) is 0. The number of hydrogen-bond acceptors (Lipinski definition) is 11. The van der Waals surface area contributed by atoms with E-state index in [2.05, 4.69) is 36.5 Å². The van der Waals surface area contributed by atoms with E-state index in [-0.39, 0.29) is 64.9 Å². The summed E-state index contributed by atoms with van der Waals surface area (Å²) < 4.78 is 7.79. The van der Waals surface area contributed by atoms with Gasteiger partial charge in [0, 0.05) is 25.6 Å². The Morgan fingerprint density at radius 2 is 1.75 bits per heavy atom. The van der Waals surface area contributed by atoms with Crippen LogP contribution in [0.2, 0.25) is 0 Å². The van der Waals surface area contributed by atoms with Crippen LogP contribution in [0.5, 0.6) is 11.5 Å². The number of carbonyl (C=O) groups excluding carboxylic acids is 3. The van der Waals surface area contributed by atoms with Crippen LogP contribution in [0.25, 0.3) is 16.9 Å². The Hall–Kier alpha value is -4.50.